The van der Waals surface area contributed by atoms with E-state index in [1.165, 1.54) is 0 Å². The van der Waals surface area contributed by atoms with Gasteiger partial charge in [0.05, 0.1) is 40.2 Å². The first-order valence-electron chi connectivity index (χ1n) is 14.2. The molecule has 2 fully saturated rings. The first-order valence-corrected chi connectivity index (χ1v) is 14.6. The van der Waals surface area contributed by atoms with Gasteiger partial charge in [-0.1, -0.05) is 17.7 Å². The predicted octanol–water partition coefficient (Wildman–Crippen LogP) is 2.88. The van der Waals surface area contributed by atoms with E-state index in [4.69, 9.17) is 23.8 Å². The fraction of sp³-hybridized carbons (Fsp3) is 0.414. The Morgan fingerprint density at radius 1 is 1.09 bits per heavy atom. The van der Waals surface area contributed by atoms with Crippen LogP contribution in [0.4, 0.5) is 18.0 Å². The molecule has 0 atom stereocenters. The third-order valence-corrected chi connectivity index (χ3v) is 8.13. The Hall–Kier alpha value is -4.55. The highest BCUT2D eigenvalue weighted by molar-refractivity contribution is 6.33. The molecule has 2 aliphatic rings. The van der Waals surface area contributed by atoms with Crippen molar-refractivity contribution < 1.29 is 27.6 Å². The van der Waals surface area contributed by atoms with Crippen molar-refractivity contribution in [3.05, 3.63) is 57.8 Å². The summed E-state index contributed by atoms with van der Waals surface area (Å²) in [4.78, 5) is 50.5. The lowest BCUT2D eigenvalue weighted by atomic mass is 10.1. The maximum atomic E-state index is 13.5. The molecule has 238 valence electrons. The highest BCUT2D eigenvalue weighted by Crippen LogP contribution is 2.37. The van der Waals surface area contributed by atoms with E-state index in [2.05, 4.69) is 31.4 Å². The molecule has 0 radical (unpaired) electrons. The van der Waals surface area contributed by atoms with E-state index in [0.29, 0.717) is 44.8 Å². The lowest BCUT2D eigenvalue weighted by Crippen LogP contribution is -2.55. The number of H-pyrrole nitrogens is 2. The highest BCUT2D eigenvalue weighted by atomic mass is 35.5. The number of imidazole rings is 1. The normalized spacial score (nSPS) is 16.0. The minimum absolute atomic E-state index is 0.00704. The summed E-state index contributed by atoms with van der Waals surface area (Å²) in [5.41, 5.74) is 5.31. The van der Waals surface area contributed by atoms with Crippen LogP contribution in [0.2, 0.25) is 5.02 Å². The number of benzene rings is 1. The number of alkyl halides is 3. The van der Waals surface area contributed by atoms with Crippen LogP contribution in [0.25, 0.3) is 11.3 Å². The maximum absolute atomic E-state index is 13.5. The zero-order chi connectivity index (χ0) is 32.3. The topological polar surface area (TPSA) is 156 Å². The van der Waals surface area contributed by atoms with Gasteiger partial charge in [-0.15, -0.1) is 12.3 Å². The number of rotatable bonds is 6. The van der Waals surface area contributed by atoms with Gasteiger partial charge in [-0.2, -0.15) is 18.3 Å². The first-order chi connectivity index (χ1) is 21.5. The van der Waals surface area contributed by atoms with Crippen LogP contribution >= 0.6 is 11.6 Å². The van der Waals surface area contributed by atoms with Crippen LogP contribution in [0.1, 0.15) is 50.8 Å². The summed E-state index contributed by atoms with van der Waals surface area (Å²) < 4.78 is 40.5. The zero-order valence-corrected chi connectivity index (χ0v) is 24.8. The Morgan fingerprint density at radius 3 is 2.40 bits per heavy atom. The molecule has 0 unspecified atom stereocenters. The molecule has 3 aromatic rings. The number of nitrogens with one attached hydrogen (secondary N) is 3. The Bertz CT molecular complexity index is 1610. The molecule has 12 nitrogen and oxygen atoms in total. The van der Waals surface area contributed by atoms with Crippen LogP contribution in [0.5, 0.6) is 0 Å². The van der Waals surface area contributed by atoms with Crippen LogP contribution in [-0.2, 0) is 19.1 Å². The number of amides is 4. The molecule has 5 rings (SSSR count). The van der Waals surface area contributed by atoms with Crippen molar-refractivity contribution in [1.29, 1.82) is 0 Å². The summed E-state index contributed by atoms with van der Waals surface area (Å²) in [5, 5.41) is 8.47. The molecule has 2 saturated heterocycles. The van der Waals surface area contributed by atoms with Crippen LogP contribution in [-0.4, -0.2) is 98.0 Å². The lowest BCUT2D eigenvalue weighted by molar-refractivity contribution is -0.140. The fourth-order valence-corrected chi connectivity index (χ4v) is 5.62. The van der Waals surface area contributed by atoms with E-state index < -0.39 is 17.8 Å². The summed E-state index contributed by atoms with van der Waals surface area (Å²) in [7, 11) is 0. The average Bonchev–Trinajstić information content (AvgIpc) is 3.68. The molecule has 1 aromatic carbocycles. The van der Waals surface area contributed by atoms with Crippen LogP contribution in [0.15, 0.2) is 24.4 Å². The average molecular weight is 646 g/mol. The number of carbonyl (C=O) groups is 3. The number of piperazine rings is 1. The molecule has 5 N–H and O–H groups in total. The van der Waals surface area contributed by atoms with Crippen molar-refractivity contribution in [2.45, 2.75) is 38.0 Å². The van der Waals surface area contributed by atoms with Crippen molar-refractivity contribution in [1.82, 2.24) is 40.2 Å². The summed E-state index contributed by atoms with van der Waals surface area (Å²) in [6, 6.07) is 4.85. The van der Waals surface area contributed by atoms with Gasteiger partial charge in [-0.25, -0.2) is 9.78 Å². The van der Waals surface area contributed by atoms with Gasteiger partial charge in [0.2, 0.25) is 0 Å². The van der Waals surface area contributed by atoms with Crippen LogP contribution < -0.4 is 11.1 Å². The van der Waals surface area contributed by atoms with Gasteiger partial charge in [0.25, 0.3) is 11.8 Å². The minimum atomic E-state index is -4.76. The molecule has 16 heteroatoms. The van der Waals surface area contributed by atoms with Crippen molar-refractivity contribution >= 4 is 29.4 Å². The first kappa shape index (κ1) is 31.9. The molecule has 0 spiro atoms. The number of hydrogen-bond donors (Lipinski definition) is 4. The number of piperidine rings is 1. The molecule has 45 heavy (non-hydrogen) atoms. The van der Waals surface area contributed by atoms with Gasteiger partial charge in [-0.05, 0) is 30.5 Å². The van der Waals surface area contributed by atoms with Gasteiger partial charge in [0.1, 0.15) is 0 Å². The van der Waals surface area contributed by atoms with Crippen LogP contribution in [0.3, 0.4) is 0 Å². The number of halogens is 4. The second kappa shape index (κ2) is 13.2. The number of nitrogens with two attached hydrogens (primary N) is 1. The van der Waals surface area contributed by atoms with E-state index in [1.807, 2.05) is 0 Å². The second-order valence-electron chi connectivity index (χ2n) is 10.8. The number of nitrogens with zero attached hydrogens (tertiary/aromatic N) is 5. The molecule has 2 aromatic heterocycles. The third-order valence-electron chi connectivity index (χ3n) is 7.81. The number of terminal acetylenes is 1. The zero-order valence-electron chi connectivity index (χ0n) is 24.1. The maximum Gasteiger partial charge on any atom is 0.435 e. The van der Waals surface area contributed by atoms with E-state index in [-0.39, 0.29) is 64.3 Å². The predicted molar refractivity (Wildman–Crippen MR) is 158 cm³/mol. The Balaban J connectivity index is 1.17. The summed E-state index contributed by atoms with van der Waals surface area (Å²) in [6.45, 7) is 2.82. The highest BCUT2D eigenvalue weighted by Gasteiger charge is 2.39. The summed E-state index contributed by atoms with van der Waals surface area (Å²) in [5.74, 6) is 1.12. The summed E-state index contributed by atoms with van der Waals surface area (Å²) >= 11 is 6.45. The van der Waals surface area contributed by atoms with Crippen molar-refractivity contribution in [2.75, 3.05) is 39.3 Å². The smallest absolute Gasteiger partial charge is 0.345 e. The number of aromatic nitrogens is 4. The molecule has 0 aliphatic carbocycles. The van der Waals surface area contributed by atoms with Gasteiger partial charge in [0.15, 0.2) is 11.5 Å². The van der Waals surface area contributed by atoms with E-state index in [1.54, 1.807) is 32.9 Å². The second-order valence-corrected chi connectivity index (χ2v) is 11.2. The standard InChI is InChI=1S/C29H31ClF3N9O3/c1-2-3-21-23(24(39-38-21)29(31,32)33)22-16-35-25(37-22)26(43)36-15-17-4-5-19(20(30)14-17)27(44)40-10-12-42(13-11-40)28(45)41-8-6-18(34)7-9-41/h1,4-5,14,16,18H,3,6-13,15,34H2,(H,35,37)(H,36,43)(H,38,39). The van der Waals surface area contributed by atoms with Crippen LogP contribution in [0, 0.1) is 12.3 Å². The summed E-state index contributed by atoms with van der Waals surface area (Å²) in [6.07, 6.45) is 3.04. The van der Waals surface area contributed by atoms with Crippen molar-refractivity contribution in [3.8, 4) is 23.6 Å². The molecule has 4 heterocycles. The van der Waals surface area contributed by atoms with Crippen molar-refractivity contribution in [3.63, 3.8) is 0 Å². The Labute approximate surface area is 261 Å². The molecular weight excluding hydrogens is 615 g/mol. The lowest BCUT2D eigenvalue weighted by Gasteiger charge is -2.39. The van der Waals surface area contributed by atoms with Gasteiger partial charge >= 0.3 is 12.2 Å². The Kier molecular flexibility index (Phi) is 9.35. The van der Waals surface area contributed by atoms with Gasteiger partial charge in [-0.3, -0.25) is 14.7 Å². The van der Waals surface area contributed by atoms with Crippen molar-refractivity contribution in [2.24, 2.45) is 5.73 Å². The number of carbonyl (C=O) groups excluding carboxylic acids is 3. The number of aromatic amines is 2. The third kappa shape index (κ3) is 7.07. The number of hydrogen-bond acceptors (Lipinski definition) is 6. The Morgan fingerprint density at radius 2 is 1.76 bits per heavy atom. The fourth-order valence-electron chi connectivity index (χ4n) is 5.34. The van der Waals surface area contributed by atoms with E-state index >= 15 is 0 Å². The molecule has 4 amide bonds. The monoisotopic (exact) mass is 645 g/mol. The van der Waals surface area contributed by atoms with Gasteiger partial charge < -0.3 is 30.7 Å². The molecule has 0 bridgehead atoms. The number of urea groups is 1. The number of likely N-dealkylation sites (tertiary alicyclic amines) is 1. The largest absolute Gasteiger partial charge is 0.435 e. The van der Waals surface area contributed by atoms with Gasteiger partial charge in [0, 0.05) is 51.9 Å². The molecular formula is C29H31ClF3N9O3. The SMILES string of the molecule is C#CCc1[nH]nc(C(F)(F)F)c1-c1cnc(C(=O)NCc2ccc(C(=O)N3CCN(C(=O)N4CCC(N)CC4)CC3)c(Cl)c2)[nH]1. The van der Waals surface area contributed by atoms with E-state index in [9.17, 15) is 27.6 Å². The quantitative estimate of drug-likeness (QED) is 0.302. The molecule has 0 saturated carbocycles. The minimum Gasteiger partial charge on any atom is -0.345 e. The molecule has 2 aliphatic heterocycles. The van der Waals surface area contributed by atoms with E-state index in [0.717, 1.165) is 19.0 Å².